The lowest BCUT2D eigenvalue weighted by atomic mass is 10.1. The molecule has 0 amide bonds. The molecule has 0 aliphatic rings. The van der Waals surface area contributed by atoms with Crippen LogP contribution in [0.2, 0.25) is 0 Å². The van der Waals surface area contributed by atoms with Gasteiger partial charge in [-0.1, -0.05) is 22.0 Å². The lowest BCUT2D eigenvalue weighted by Crippen LogP contribution is -2.08. The van der Waals surface area contributed by atoms with Gasteiger partial charge in [-0.05, 0) is 19.1 Å². The third-order valence-electron chi connectivity index (χ3n) is 1.97. The molecule has 1 rings (SSSR count). The van der Waals surface area contributed by atoms with Crippen molar-refractivity contribution < 1.29 is 4.74 Å². The van der Waals surface area contributed by atoms with Crippen LogP contribution in [0.3, 0.4) is 0 Å². The molecule has 80 valence electrons. The molecule has 3 heteroatoms. The number of ether oxygens (including phenoxy) is 1. The maximum atomic E-state index is 5.83. The zero-order valence-electron chi connectivity index (χ0n) is 8.66. The minimum Gasteiger partial charge on any atom is -0.492 e. The van der Waals surface area contributed by atoms with Gasteiger partial charge in [-0.2, -0.15) is 0 Å². The van der Waals surface area contributed by atoms with Crippen molar-refractivity contribution in [3.63, 3.8) is 0 Å². The molecule has 2 nitrogen and oxygen atoms in total. The van der Waals surface area contributed by atoms with Gasteiger partial charge >= 0.3 is 0 Å². The number of terminal acetylenes is 1. The summed E-state index contributed by atoms with van der Waals surface area (Å²) < 4.78 is 6.54. The first-order valence-electron chi connectivity index (χ1n) is 4.76. The number of halogens is 1. The highest BCUT2D eigenvalue weighted by molar-refractivity contribution is 9.10. The van der Waals surface area contributed by atoms with Gasteiger partial charge in [0.2, 0.25) is 0 Å². The van der Waals surface area contributed by atoms with Crippen molar-refractivity contribution in [3.05, 3.63) is 28.2 Å². The molecule has 0 aliphatic carbocycles. The third kappa shape index (κ3) is 3.58. The Labute approximate surface area is 98.9 Å². The molecule has 2 N–H and O–H groups in total. The summed E-state index contributed by atoms with van der Waals surface area (Å²) in [5.41, 5.74) is 6.83. The molecule has 0 saturated heterocycles. The average Bonchev–Trinajstić information content (AvgIpc) is 2.18. The van der Waals surface area contributed by atoms with Crippen molar-refractivity contribution in [1.82, 2.24) is 0 Å². The Balaban J connectivity index is 2.83. The second kappa shape index (κ2) is 5.79. The predicted molar refractivity (Wildman–Crippen MR) is 65.7 cm³/mol. The summed E-state index contributed by atoms with van der Waals surface area (Å²) in [7, 11) is 0. The Morgan fingerprint density at radius 3 is 2.93 bits per heavy atom. The van der Waals surface area contributed by atoms with E-state index in [0.717, 1.165) is 15.8 Å². The number of benzene rings is 1. The van der Waals surface area contributed by atoms with Crippen molar-refractivity contribution in [2.24, 2.45) is 5.73 Å². The zero-order valence-corrected chi connectivity index (χ0v) is 10.3. The molecule has 0 fully saturated rings. The SMILES string of the molecule is C#CCCOc1cc(Br)ccc1[C@@H](C)N. The quantitative estimate of drug-likeness (QED) is 0.673. The molecule has 0 aliphatic heterocycles. The molecule has 0 aromatic heterocycles. The topological polar surface area (TPSA) is 35.2 Å². The van der Waals surface area contributed by atoms with Crippen molar-refractivity contribution >= 4 is 15.9 Å². The predicted octanol–water partition coefficient (Wildman–Crippen LogP) is 2.87. The van der Waals surface area contributed by atoms with Gasteiger partial charge in [0.1, 0.15) is 5.75 Å². The van der Waals surface area contributed by atoms with Crippen LogP contribution in [0.25, 0.3) is 0 Å². The molecule has 1 aromatic rings. The summed E-state index contributed by atoms with van der Waals surface area (Å²) in [6.07, 6.45) is 5.76. The van der Waals surface area contributed by atoms with E-state index in [2.05, 4.69) is 21.9 Å². The zero-order chi connectivity index (χ0) is 11.3. The Kier molecular flexibility index (Phi) is 4.67. The second-order valence-corrected chi connectivity index (χ2v) is 4.19. The van der Waals surface area contributed by atoms with Crippen LogP contribution in [0.1, 0.15) is 24.9 Å². The van der Waals surface area contributed by atoms with E-state index in [1.807, 2.05) is 25.1 Å². The van der Waals surface area contributed by atoms with Crippen LogP contribution in [0.4, 0.5) is 0 Å². The summed E-state index contributed by atoms with van der Waals surface area (Å²) >= 11 is 3.39. The highest BCUT2D eigenvalue weighted by Gasteiger charge is 2.08. The summed E-state index contributed by atoms with van der Waals surface area (Å²) in [6, 6.07) is 5.78. The van der Waals surface area contributed by atoms with E-state index in [1.54, 1.807) is 0 Å². The minimum absolute atomic E-state index is 0.0427. The lowest BCUT2D eigenvalue weighted by molar-refractivity contribution is 0.322. The summed E-state index contributed by atoms with van der Waals surface area (Å²) in [5.74, 6) is 3.33. The van der Waals surface area contributed by atoms with Gasteiger partial charge < -0.3 is 10.5 Å². The van der Waals surface area contributed by atoms with Crippen LogP contribution in [-0.4, -0.2) is 6.61 Å². The number of rotatable bonds is 4. The Morgan fingerprint density at radius 2 is 2.33 bits per heavy atom. The van der Waals surface area contributed by atoms with E-state index in [-0.39, 0.29) is 6.04 Å². The Morgan fingerprint density at radius 1 is 1.60 bits per heavy atom. The molecule has 0 bridgehead atoms. The van der Waals surface area contributed by atoms with Crippen molar-refractivity contribution in [1.29, 1.82) is 0 Å². The number of nitrogens with two attached hydrogens (primary N) is 1. The number of hydrogen-bond donors (Lipinski definition) is 1. The minimum atomic E-state index is -0.0427. The molecule has 0 spiro atoms. The van der Waals surface area contributed by atoms with Gasteiger partial charge in [-0.25, -0.2) is 0 Å². The van der Waals surface area contributed by atoms with E-state index in [9.17, 15) is 0 Å². The molecule has 1 atom stereocenters. The van der Waals surface area contributed by atoms with Crippen LogP contribution < -0.4 is 10.5 Å². The van der Waals surface area contributed by atoms with Gasteiger partial charge in [-0.15, -0.1) is 12.3 Å². The average molecular weight is 268 g/mol. The fourth-order valence-electron chi connectivity index (χ4n) is 1.23. The summed E-state index contributed by atoms with van der Waals surface area (Å²) in [4.78, 5) is 0. The highest BCUT2D eigenvalue weighted by atomic mass is 79.9. The highest BCUT2D eigenvalue weighted by Crippen LogP contribution is 2.27. The van der Waals surface area contributed by atoms with E-state index in [1.165, 1.54) is 0 Å². The van der Waals surface area contributed by atoms with Crippen molar-refractivity contribution in [3.8, 4) is 18.1 Å². The smallest absolute Gasteiger partial charge is 0.125 e. The lowest BCUT2D eigenvalue weighted by Gasteiger charge is -2.13. The van der Waals surface area contributed by atoms with Crippen LogP contribution >= 0.6 is 15.9 Å². The second-order valence-electron chi connectivity index (χ2n) is 3.27. The van der Waals surface area contributed by atoms with Gasteiger partial charge in [0, 0.05) is 22.5 Å². The molecule has 15 heavy (non-hydrogen) atoms. The van der Waals surface area contributed by atoms with Crippen LogP contribution in [0.15, 0.2) is 22.7 Å². The first-order valence-corrected chi connectivity index (χ1v) is 5.55. The molecule has 0 radical (unpaired) electrons. The fourth-order valence-corrected chi connectivity index (χ4v) is 1.57. The summed E-state index contributed by atoms with van der Waals surface area (Å²) in [5, 5.41) is 0. The van der Waals surface area contributed by atoms with Crippen LogP contribution in [0, 0.1) is 12.3 Å². The largest absolute Gasteiger partial charge is 0.492 e. The van der Waals surface area contributed by atoms with Crippen molar-refractivity contribution in [2.45, 2.75) is 19.4 Å². The van der Waals surface area contributed by atoms with E-state index < -0.39 is 0 Å². The third-order valence-corrected chi connectivity index (χ3v) is 2.46. The number of hydrogen-bond acceptors (Lipinski definition) is 2. The maximum Gasteiger partial charge on any atom is 0.125 e. The Bertz CT molecular complexity index is 368. The molecular formula is C12H14BrNO. The fraction of sp³-hybridized carbons (Fsp3) is 0.333. The molecular weight excluding hydrogens is 254 g/mol. The maximum absolute atomic E-state index is 5.83. The van der Waals surface area contributed by atoms with Gasteiger partial charge in [-0.3, -0.25) is 0 Å². The van der Waals surface area contributed by atoms with Crippen molar-refractivity contribution in [2.75, 3.05) is 6.61 Å². The van der Waals surface area contributed by atoms with Gasteiger partial charge in [0.25, 0.3) is 0 Å². The Hall–Kier alpha value is -0.980. The first-order chi connectivity index (χ1) is 7.15. The van der Waals surface area contributed by atoms with Crippen LogP contribution in [0.5, 0.6) is 5.75 Å². The normalized spacial score (nSPS) is 11.9. The van der Waals surface area contributed by atoms with Gasteiger partial charge in [0.05, 0.1) is 6.61 Å². The first kappa shape index (κ1) is 12.1. The molecule has 1 aromatic carbocycles. The van der Waals surface area contributed by atoms with Gasteiger partial charge in [0.15, 0.2) is 0 Å². The summed E-state index contributed by atoms with van der Waals surface area (Å²) in [6.45, 7) is 2.45. The van der Waals surface area contributed by atoms with Crippen LogP contribution in [-0.2, 0) is 0 Å². The van der Waals surface area contributed by atoms with E-state index >= 15 is 0 Å². The van der Waals surface area contributed by atoms with E-state index in [4.69, 9.17) is 16.9 Å². The monoisotopic (exact) mass is 267 g/mol. The molecule has 0 unspecified atom stereocenters. The van der Waals surface area contributed by atoms with E-state index in [0.29, 0.717) is 13.0 Å². The molecule has 0 heterocycles. The standard InChI is InChI=1S/C12H14BrNO/c1-3-4-7-15-12-8-10(13)5-6-11(12)9(2)14/h1,5-6,8-9H,4,7,14H2,2H3/t9-/m1/s1. The molecule has 0 saturated carbocycles.